The van der Waals surface area contributed by atoms with Gasteiger partial charge in [0.05, 0.1) is 0 Å². The van der Waals surface area contributed by atoms with Gasteiger partial charge in [-0.25, -0.2) is 0 Å². The van der Waals surface area contributed by atoms with Gasteiger partial charge in [-0.1, -0.05) is 44.2 Å². The van der Waals surface area contributed by atoms with Crippen LogP contribution in [0.3, 0.4) is 0 Å². The van der Waals surface area contributed by atoms with Crippen LogP contribution in [-0.2, 0) is 4.57 Å². The van der Waals surface area contributed by atoms with Crippen molar-refractivity contribution >= 4 is 13.4 Å². The maximum absolute atomic E-state index is 11.6. The molecule has 1 aromatic carbocycles. The third-order valence-electron chi connectivity index (χ3n) is 2.02. The van der Waals surface area contributed by atoms with Crippen molar-refractivity contribution in [2.45, 2.75) is 19.5 Å². The first-order valence-electron chi connectivity index (χ1n) is 4.59. The Hall–Kier alpha value is -0.850. The minimum absolute atomic E-state index is 0.220. The van der Waals surface area contributed by atoms with E-state index in [9.17, 15) is 9.46 Å². The van der Waals surface area contributed by atoms with E-state index >= 15 is 0 Å². The Balaban J connectivity index is 2.79. The Bertz CT molecular complexity index is 355. The smallest absolute Gasteiger partial charge is 0.225 e. The summed E-state index contributed by atoms with van der Waals surface area (Å²) in [5, 5.41) is 0. The Kier molecular flexibility index (Phi) is 3.68. The zero-order valence-corrected chi connectivity index (χ0v) is 9.32. The van der Waals surface area contributed by atoms with E-state index in [0.717, 1.165) is 5.56 Å². The van der Waals surface area contributed by atoms with Crippen LogP contribution in [0.5, 0.6) is 0 Å². The normalized spacial score (nSPS) is 16.0. The summed E-state index contributed by atoms with van der Waals surface area (Å²) in [6.07, 6.45) is 1.70. The quantitative estimate of drug-likeness (QED) is 0.777. The zero-order chi connectivity index (χ0) is 10.6. The molecule has 0 heterocycles. The summed E-state index contributed by atoms with van der Waals surface area (Å²) < 4.78 is 11.6. The lowest BCUT2D eigenvalue weighted by molar-refractivity contribution is 0.480. The van der Waals surface area contributed by atoms with Crippen molar-refractivity contribution in [1.82, 2.24) is 0 Å². The van der Waals surface area contributed by atoms with Crippen LogP contribution in [-0.4, -0.2) is 10.6 Å². The van der Waals surface area contributed by atoms with Gasteiger partial charge < -0.3 is 4.89 Å². The van der Waals surface area contributed by atoms with Gasteiger partial charge in [0.1, 0.15) is 0 Å². The number of rotatable bonds is 3. The molecule has 14 heavy (non-hydrogen) atoms. The van der Waals surface area contributed by atoms with E-state index in [0.29, 0.717) is 0 Å². The highest BCUT2D eigenvalue weighted by molar-refractivity contribution is 7.62. The second-order valence-electron chi connectivity index (χ2n) is 3.49. The highest BCUT2D eigenvalue weighted by Gasteiger charge is 2.18. The molecule has 0 spiro atoms. The highest BCUT2D eigenvalue weighted by atomic mass is 31.2. The van der Waals surface area contributed by atoms with Gasteiger partial charge in [0, 0.05) is 11.5 Å². The van der Waals surface area contributed by atoms with Crippen LogP contribution in [0.2, 0.25) is 0 Å². The van der Waals surface area contributed by atoms with Crippen molar-refractivity contribution in [2.75, 3.05) is 0 Å². The van der Waals surface area contributed by atoms with Crippen molar-refractivity contribution in [1.29, 1.82) is 0 Å². The second-order valence-corrected chi connectivity index (χ2v) is 6.17. The fraction of sp³-hybridized carbons (Fsp3) is 0.273. The first kappa shape index (κ1) is 11.2. The summed E-state index contributed by atoms with van der Waals surface area (Å²) in [5.41, 5.74) is 0.727. The summed E-state index contributed by atoms with van der Waals surface area (Å²) in [4.78, 5) is 9.52. The standard InChI is InChI=1S/C11H15O2P/c1-10(2)14(12,13)9-8-11-6-4-3-5-7-11/h3-10H,1-2H3,(H,12,13). The van der Waals surface area contributed by atoms with Crippen molar-refractivity contribution in [3.05, 3.63) is 41.7 Å². The average Bonchev–Trinajstić information content (AvgIpc) is 2.16. The predicted molar refractivity (Wildman–Crippen MR) is 60.4 cm³/mol. The monoisotopic (exact) mass is 210 g/mol. The predicted octanol–water partition coefficient (Wildman–Crippen LogP) is 3.34. The molecule has 0 fully saturated rings. The minimum atomic E-state index is -3.11. The van der Waals surface area contributed by atoms with Crippen molar-refractivity contribution < 1.29 is 9.46 Å². The van der Waals surface area contributed by atoms with Gasteiger partial charge in [-0.3, -0.25) is 4.57 Å². The highest BCUT2D eigenvalue weighted by Crippen LogP contribution is 2.47. The van der Waals surface area contributed by atoms with Crippen LogP contribution in [0.15, 0.2) is 36.1 Å². The van der Waals surface area contributed by atoms with E-state index in [2.05, 4.69) is 0 Å². The van der Waals surface area contributed by atoms with Crippen molar-refractivity contribution in [3.63, 3.8) is 0 Å². The zero-order valence-electron chi connectivity index (χ0n) is 8.42. The third kappa shape index (κ3) is 3.13. The number of hydrogen-bond donors (Lipinski definition) is 1. The average molecular weight is 210 g/mol. The van der Waals surface area contributed by atoms with Crippen molar-refractivity contribution in [2.24, 2.45) is 0 Å². The molecule has 0 saturated carbocycles. The Labute approximate surface area is 84.7 Å². The summed E-state index contributed by atoms with van der Waals surface area (Å²) in [5.74, 6) is 1.41. The molecule has 2 nitrogen and oxygen atoms in total. The van der Waals surface area contributed by atoms with Crippen LogP contribution in [0.4, 0.5) is 0 Å². The molecule has 0 aliphatic heterocycles. The molecule has 0 saturated heterocycles. The molecule has 0 radical (unpaired) electrons. The van der Waals surface area contributed by atoms with Gasteiger partial charge in [0.2, 0.25) is 7.37 Å². The lowest BCUT2D eigenvalue weighted by atomic mass is 10.2. The van der Waals surface area contributed by atoms with E-state index in [1.54, 1.807) is 19.9 Å². The lowest BCUT2D eigenvalue weighted by Gasteiger charge is -2.09. The molecule has 76 valence electrons. The van der Waals surface area contributed by atoms with E-state index in [1.807, 2.05) is 30.3 Å². The lowest BCUT2D eigenvalue weighted by Crippen LogP contribution is -1.93. The van der Waals surface area contributed by atoms with Gasteiger partial charge in [-0.15, -0.1) is 0 Å². The van der Waals surface area contributed by atoms with Crippen LogP contribution < -0.4 is 0 Å². The van der Waals surface area contributed by atoms with Crippen LogP contribution >= 0.6 is 7.37 Å². The molecule has 0 aliphatic carbocycles. The van der Waals surface area contributed by atoms with Crippen LogP contribution in [0, 0.1) is 0 Å². The Morgan fingerprint density at radius 3 is 2.36 bits per heavy atom. The largest absolute Gasteiger partial charge is 0.341 e. The molecule has 0 bridgehead atoms. The topological polar surface area (TPSA) is 37.3 Å². The van der Waals surface area contributed by atoms with Gasteiger partial charge >= 0.3 is 0 Å². The Morgan fingerprint density at radius 2 is 1.86 bits per heavy atom. The summed E-state index contributed by atoms with van der Waals surface area (Å²) >= 11 is 0. The molecule has 3 heteroatoms. The molecule has 1 N–H and O–H groups in total. The molecular formula is C11H15O2P. The maximum Gasteiger partial charge on any atom is 0.225 e. The van der Waals surface area contributed by atoms with E-state index in [-0.39, 0.29) is 5.66 Å². The molecule has 0 amide bonds. The molecular weight excluding hydrogens is 195 g/mol. The maximum atomic E-state index is 11.6. The first-order valence-corrected chi connectivity index (χ1v) is 6.38. The third-order valence-corrected chi connectivity index (χ3v) is 4.08. The van der Waals surface area contributed by atoms with Gasteiger partial charge in [0.25, 0.3) is 0 Å². The number of hydrogen-bond acceptors (Lipinski definition) is 1. The Morgan fingerprint density at radius 1 is 1.29 bits per heavy atom. The molecule has 1 aromatic rings. The SMILES string of the molecule is CC(C)P(=O)(O)C=Cc1ccccc1. The number of benzene rings is 1. The van der Waals surface area contributed by atoms with Gasteiger partial charge in [0.15, 0.2) is 0 Å². The first-order chi connectivity index (χ1) is 6.52. The molecule has 1 atom stereocenters. The summed E-state index contributed by atoms with van der Waals surface area (Å²) in [6, 6.07) is 9.51. The van der Waals surface area contributed by atoms with Gasteiger partial charge in [-0.2, -0.15) is 0 Å². The fourth-order valence-corrected chi connectivity index (χ4v) is 1.66. The van der Waals surface area contributed by atoms with E-state index < -0.39 is 7.37 Å². The van der Waals surface area contributed by atoms with Crippen molar-refractivity contribution in [3.8, 4) is 0 Å². The van der Waals surface area contributed by atoms with Gasteiger partial charge in [-0.05, 0) is 11.6 Å². The van der Waals surface area contributed by atoms with E-state index in [4.69, 9.17) is 0 Å². The fourth-order valence-electron chi connectivity index (χ4n) is 0.929. The van der Waals surface area contributed by atoms with E-state index in [1.165, 1.54) is 5.82 Å². The van der Waals surface area contributed by atoms with Crippen LogP contribution in [0.25, 0.3) is 6.08 Å². The minimum Gasteiger partial charge on any atom is -0.341 e. The molecule has 1 rings (SSSR count). The molecule has 0 aliphatic rings. The summed E-state index contributed by atoms with van der Waals surface area (Å²) in [6.45, 7) is 3.49. The summed E-state index contributed by atoms with van der Waals surface area (Å²) in [7, 11) is -3.11. The second kappa shape index (κ2) is 4.59. The van der Waals surface area contributed by atoms with Crippen LogP contribution in [0.1, 0.15) is 19.4 Å². The molecule has 0 aromatic heterocycles. The molecule has 1 unspecified atom stereocenters.